The first kappa shape index (κ1) is 16.9. The van der Waals surface area contributed by atoms with Gasteiger partial charge in [-0.25, -0.2) is 16.8 Å². The Kier molecular flexibility index (Phi) is 4.59. The molecule has 0 aromatic heterocycles. The average Bonchev–Trinajstić information content (AvgIpc) is 2.46. The predicted molar refractivity (Wildman–Crippen MR) is 78.7 cm³/mol. The summed E-state index contributed by atoms with van der Waals surface area (Å²) in [5, 5.41) is 9.03. The van der Waals surface area contributed by atoms with Crippen molar-refractivity contribution < 1.29 is 26.7 Å². The monoisotopic (exact) mass is 347 g/mol. The molecule has 2 rings (SSSR count). The molecule has 1 heterocycles. The van der Waals surface area contributed by atoms with Crippen molar-refractivity contribution in [1.29, 1.82) is 0 Å². The van der Waals surface area contributed by atoms with Gasteiger partial charge in [-0.05, 0) is 37.1 Å². The van der Waals surface area contributed by atoms with Crippen LogP contribution < -0.4 is 0 Å². The molecule has 1 aromatic rings. The number of carbonyl (C=O) groups is 1. The van der Waals surface area contributed by atoms with E-state index >= 15 is 0 Å². The number of sulfone groups is 1. The smallest absolute Gasteiger partial charge is 0.307 e. The Morgan fingerprint density at radius 2 is 1.68 bits per heavy atom. The Morgan fingerprint density at radius 1 is 1.14 bits per heavy atom. The predicted octanol–water partition coefficient (Wildman–Crippen LogP) is 0.575. The quantitative estimate of drug-likeness (QED) is 0.853. The van der Waals surface area contributed by atoms with Crippen molar-refractivity contribution in [1.82, 2.24) is 4.31 Å². The van der Waals surface area contributed by atoms with Crippen molar-refractivity contribution in [3.05, 3.63) is 24.3 Å². The maximum Gasteiger partial charge on any atom is 0.307 e. The first-order valence-corrected chi connectivity index (χ1v) is 9.98. The minimum absolute atomic E-state index is 0.0357. The lowest BCUT2D eigenvalue weighted by atomic mass is 10.0. The zero-order valence-electron chi connectivity index (χ0n) is 12.0. The van der Waals surface area contributed by atoms with Gasteiger partial charge in [0.25, 0.3) is 0 Å². The van der Waals surface area contributed by atoms with Gasteiger partial charge in [0.2, 0.25) is 10.0 Å². The lowest BCUT2D eigenvalue weighted by Gasteiger charge is -2.29. The van der Waals surface area contributed by atoms with E-state index in [1.807, 2.05) is 0 Å². The number of benzene rings is 1. The Bertz CT molecular complexity index is 767. The first-order chi connectivity index (χ1) is 10.1. The molecule has 9 heteroatoms. The number of aliphatic carboxylic acids is 1. The summed E-state index contributed by atoms with van der Waals surface area (Å²) >= 11 is 0. The fraction of sp³-hybridized carbons (Fsp3) is 0.462. The molecule has 0 amide bonds. The summed E-state index contributed by atoms with van der Waals surface area (Å²) in [5.74, 6) is -1.72. The van der Waals surface area contributed by atoms with Gasteiger partial charge in [-0.3, -0.25) is 4.79 Å². The molecule has 0 bridgehead atoms. The lowest BCUT2D eigenvalue weighted by Crippen LogP contribution is -2.42. The van der Waals surface area contributed by atoms with Gasteiger partial charge in [0.1, 0.15) is 0 Å². The highest BCUT2D eigenvalue weighted by Gasteiger charge is 2.33. The van der Waals surface area contributed by atoms with E-state index < -0.39 is 31.7 Å². The topological polar surface area (TPSA) is 109 Å². The van der Waals surface area contributed by atoms with Gasteiger partial charge in [-0.15, -0.1) is 0 Å². The molecular weight excluding hydrogens is 330 g/mol. The Morgan fingerprint density at radius 3 is 2.18 bits per heavy atom. The van der Waals surface area contributed by atoms with Crippen LogP contribution >= 0.6 is 0 Å². The van der Waals surface area contributed by atoms with Gasteiger partial charge < -0.3 is 5.11 Å². The van der Waals surface area contributed by atoms with E-state index in [1.165, 1.54) is 24.3 Å². The second-order valence-electron chi connectivity index (χ2n) is 5.28. The summed E-state index contributed by atoms with van der Waals surface area (Å²) in [6.07, 6.45) is 1.98. The van der Waals surface area contributed by atoms with Crippen LogP contribution in [0.1, 0.15) is 12.8 Å². The Hall–Kier alpha value is -1.45. The minimum atomic E-state index is -3.82. The third-order valence-corrected chi connectivity index (χ3v) is 6.63. The van der Waals surface area contributed by atoms with Crippen LogP contribution in [0.2, 0.25) is 0 Å². The van der Waals surface area contributed by atoms with Crippen LogP contribution in [0.15, 0.2) is 34.1 Å². The highest BCUT2D eigenvalue weighted by Crippen LogP contribution is 2.24. The molecule has 1 aliphatic heterocycles. The van der Waals surface area contributed by atoms with Gasteiger partial charge in [0, 0.05) is 19.3 Å². The molecule has 0 radical (unpaired) electrons. The molecule has 1 atom stereocenters. The summed E-state index contributed by atoms with van der Waals surface area (Å²) in [5.41, 5.74) is 0. The van der Waals surface area contributed by atoms with Crippen LogP contribution in [0.5, 0.6) is 0 Å². The highest BCUT2D eigenvalue weighted by atomic mass is 32.2. The van der Waals surface area contributed by atoms with Gasteiger partial charge >= 0.3 is 5.97 Å². The maximum absolute atomic E-state index is 12.5. The van der Waals surface area contributed by atoms with E-state index in [0.717, 1.165) is 10.6 Å². The summed E-state index contributed by atoms with van der Waals surface area (Å²) < 4.78 is 48.9. The summed E-state index contributed by atoms with van der Waals surface area (Å²) in [7, 11) is -7.21. The summed E-state index contributed by atoms with van der Waals surface area (Å²) in [6, 6.07) is 4.94. The second kappa shape index (κ2) is 5.98. The maximum atomic E-state index is 12.5. The summed E-state index contributed by atoms with van der Waals surface area (Å²) in [6.45, 7) is 0.200. The zero-order valence-corrected chi connectivity index (χ0v) is 13.6. The third kappa shape index (κ3) is 3.47. The van der Waals surface area contributed by atoms with Crippen LogP contribution in [0, 0.1) is 5.92 Å². The number of sulfonamides is 1. The average molecular weight is 347 g/mol. The fourth-order valence-corrected chi connectivity index (χ4v) is 4.52. The van der Waals surface area contributed by atoms with Crippen molar-refractivity contribution in [3.63, 3.8) is 0 Å². The molecule has 7 nitrogen and oxygen atoms in total. The molecule has 22 heavy (non-hydrogen) atoms. The van der Waals surface area contributed by atoms with Gasteiger partial charge in [-0.2, -0.15) is 4.31 Å². The number of carboxylic acid groups (broad SMARTS) is 1. The van der Waals surface area contributed by atoms with Crippen LogP contribution in [-0.4, -0.2) is 51.6 Å². The van der Waals surface area contributed by atoms with E-state index in [1.54, 1.807) is 0 Å². The van der Waals surface area contributed by atoms with Crippen LogP contribution in [0.4, 0.5) is 0 Å². The fourth-order valence-electron chi connectivity index (χ4n) is 2.37. The lowest BCUT2D eigenvalue weighted by molar-refractivity contribution is -0.142. The van der Waals surface area contributed by atoms with Crippen molar-refractivity contribution in [2.24, 2.45) is 5.92 Å². The van der Waals surface area contributed by atoms with E-state index in [4.69, 9.17) is 5.11 Å². The SMILES string of the molecule is CS(=O)(=O)c1ccc(S(=O)(=O)N2CCC[C@@H](C(=O)O)C2)cc1. The number of rotatable bonds is 4. The normalized spacial score (nSPS) is 20.7. The molecule has 1 saturated heterocycles. The zero-order chi connectivity index (χ0) is 16.5. The van der Waals surface area contributed by atoms with Gasteiger partial charge in [0.05, 0.1) is 15.7 Å². The van der Waals surface area contributed by atoms with E-state index in [9.17, 15) is 21.6 Å². The number of nitrogens with zero attached hydrogens (tertiary/aromatic N) is 1. The van der Waals surface area contributed by atoms with Crippen LogP contribution in [0.3, 0.4) is 0 Å². The van der Waals surface area contributed by atoms with Crippen molar-refractivity contribution in [3.8, 4) is 0 Å². The van der Waals surface area contributed by atoms with Crippen molar-refractivity contribution in [2.45, 2.75) is 22.6 Å². The minimum Gasteiger partial charge on any atom is -0.481 e. The molecular formula is C13H17NO6S2. The molecule has 0 spiro atoms. The molecule has 0 saturated carbocycles. The molecule has 0 unspecified atom stereocenters. The highest BCUT2D eigenvalue weighted by molar-refractivity contribution is 7.90. The van der Waals surface area contributed by atoms with Crippen molar-refractivity contribution >= 4 is 25.8 Å². The Balaban J connectivity index is 2.28. The molecule has 1 aromatic carbocycles. The number of piperidine rings is 1. The number of carboxylic acids is 1. The van der Waals surface area contributed by atoms with Crippen LogP contribution in [0.25, 0.3) is 0 Å². The molecule has 1 N–H and O–H groups in total. The summed E-state index contributed by atoms with van der Waals surface area (Å²) in [4.78, 5) is 11.0. The number of hydrogen-bond donors (Lipinski definition) is 1. The molecule has 1 aliphatic rings. The van der Waals surface area contributed by atoms with E-state index in [-0.39, 0.29) is 22.9 Å². The second-order valence-corrected chi connectivity index (χ2v) is 9.24. The van der Waals surface area contributed by atoms with E-state index in [2.05, 4.69) is 0 Å². The van der Waals surface area contributed by atoms with Gasteiger partial charge in [0.15, 0.2) is 9.84 Å². The largest absolute Gasteiger partial charge is 0.481 e. The molecule has 1 fully saturated rings. The van der Waals surface area contributed by atoms with Crippen LogP contribution in [-0.2, 0) is 24.7 Å². The van der Waals surface area contributed by atoms with Crippen molar-refractivity contribution in [2.75, 3.05) is 19.3 Å². The molecule has 122 valence electrons. The van der Waals surface area contributed by atoms with E-state index in [0.29, 0.717) is 12.8 Å². The standard InChI is InChI=1S/C13H17NO6S2/c1-21(17,18)11-4-6-12(7-5-11)22(19,20)14-8-2-3-10(9-14)13(15)16/h4-7,10H,2-3,8-9H2,1H3,(H,15,16)/t10-/m1/s1. The van der Waals surface area contributed by atoms with Gasteiger partial charge in [-0.1, -0.05) is 0 Å². The Labute approximate surface area is 129 Å². The third-order valence-electron chi connectivity index (χ3n) is 3.62. The first-order valence-electron chi connectivity index (χ1n) is 6.65. The number of hydrogen-bond acceptors (Lipinski definition) is 5. The molecule has 0 aliphatic carbocycles.